The van der Waals surface area contributed by atoms with Gasteiger partial charge in [0.15, 0.2) is 5.78 Å². The highest BCUT2D eigenvalue weighted by molar-refractivity contribution is 5.96. The van der Waals surface area contributed by atoms with Gasteiger partial charge in [0.05, 0.1) is 0 Å². The Labute approximate surface area is 142 Å². The molecule has 0 N–H and O–H groups in total. The van der Waals surface area contributed by atoms with Crippen molar-refractivity contribution in [3.8, 4) is 17.0 Å². The molecule has 1 heterocycles. The molecule has 24 heavy (non-hydrogen) atoms. The Morgan fingerprint density at radius 3 is 2.42 bits per heavy atom. The van der Waals surface area contributed by atoms with Crippen molar-refractivity contribution in [2.45, 2.75) is 20.5 Å². The van der Waals surface area contributed by atoms with Crippen molar-refractivity contribution in [1.29, 1.82) is 0 Å². The van der Waals surface area contributed by atoms with E-state index in [1.54, 1.807) is 13.1 Å². The van der Waals surface area contributed by atoms with Crippen LogP contribution < -0.4 is 4.74 Å². The highest BCUT2D eigenvalue weighted by atomic mass is 16.5. The van der Waals surface area contributed by atoms with Gasteiger partial charge in [0.2, 0.25) is 5.88 Å². The minimum absolute atomic E-state index is 0.0742. The monoisotopic (exact) mass is 317 g/mol. The molecular weight excluding hydrogens is 298 g/mol. The van der Waals surface area contributed by atoms with E-state index in [9.17, 15) is 4.79 Å². The van der Waals surface area contributed by atoms with Gasteiger partial charge in [-0.05, 0) is 42.7 Å². The number of rotatable bonds is 5. The molecule has 0 fully saturated rings. The van der Waals surface area contributed by atoms with Crippen LogP contribution in [0.4, 0.5) is 0 Å². The molecule has 3 rings (SSSR count). The van der Waals surface area contributed by atoms with E-state index >= 15 is 0 Å². The number of aromatic nitrogens is 1. The summed E-state index contributed by atoms with van der Waals surface area (Å²) in [4.78, 5) is 16.0. The SMILES string of the molecule is CC(=O)c1cc(-c2ccc(OCc3ccccc3)nc2)ccc1C. The first-order valence-corrected chi connectivity index (χ1v) is 7.88. The standard InChI is InChI=1S/C21H19NO2/c1-15-8-9-18(12-20(15)16(2)23)19-10-11-21(22-13-19)24-14-17-6-4-3-5-7-17/h3-13H,14H2,1-2H3. The molecule has 0 spiro atoms. The van der Waals surface area contributed by atoms with Crippen molar-refractivity contribution in [2.75, 3.05) is 0 Å². The summed E-state index contributed by atoms with van der Waals surface area (Å²) in [7, 11) is 0. The molecule has 3 nitrogen and oxygen atoms in total. The van der Waals surface area contributed by atoms with E-state index in [1.807, 2.05) is 67.6 Å². The van der Waals surface area contributed by atoms with Gasteiger partial charge in [-0.1, -0.05) is 42.5 Å². The topological polar surface area (TPSA) is 39.2 Å². The maximum absolute atomic E-state index is 11.7. The zero-order chi connectivity index (χ0) is 16.9. The van der Waals surface area contributed by atoms with Gasteiger partial charge in [-0.3, -0.25) is 4.79 Å². The maximum Gasteiger partial charge on any atom is 0.213 e. The number of carbonyl (C=O) groups excluding carboxylic acids is 1. The number of benzene rings is 2. The third-order valence-electron chi connectivity index (χ3n) is 3.92. The molecule has 0 saturated carbocycles. The van der Waals surface area contributed by atoms with Gasteiger partial charge in [0.1, 0.15) is 6.61 Å². The van der Waals surface area contributed by atoms with Crippen LogP contribution in [0.2, 0.25) is 0 Å². The molecule has 3 aromatic rings. The predicted octanol–water partition coefficient (Wildman–Crippen LogP) is 4.84. The van der Waals surface area contributed by atoms with Crippen LogP contribution in [0, 0.1) is 6.92 Å². The summed E-state index contributed by atoms with van der Waals surface area (Å²) in [5.74, 6) is 0.659. The van der Waals surface area contributed by atoms with Crippen molar-refractivity contribution in [3.63, 3.8) is 0 Å². The first kappa shape index (κ1) is 15.9. The Morgan fingerprint density at radius 2 is 1.75 bits per heavy atom. The molecule has 120 valence electrons. The van der Waals surface area contributed by atoms with Crippen LogP contribution in [-0.2, 0) is 6.61 Å². The number of hydrogen-bond acceptors (Lipinski definition) is 3. The van der Waals surface area contributed by atoms with Crippen LogP contribution in [0.5, 0.6) is 5.88 Å². The Bertz CT molecular complexity index is 839. The molecule has 0 unspecified atom stereocenters. The smallest absolute Gasteiger partial charge is 0.213 e. The van der Waals surface area contributed by atoms with Gasteiger partial charge in [-0.25, -0.2) is 4.98 Å². The van der Waals surface area contributed by atoms with Crippen LogP contribution in [0.15, 0.2) is 66.9 Å². The molecule has 0 saturated heterocycles. The Morgan fingerprint density at radius 1 is 1.00 bits per heavy atom. The number of aryl methyl sites for hydroxylation is 1. The molecule has 1 aromatic heterocycles. The van der Waals surface area contributed by atoms with Crippen LogP contribution in [0.1, 0.15) is 28.4 Å². The Hall–Kier alpha value is -2.94. The van der Waals surface area contributed by atoms with Gasteiger partial charge in [0, 0.05) is 23.4 Å². The van der Waals surface area contributed by atoms with Crippen molar-refractivity contribution < 1.29 is 9.53 Å². The molecular formula is C21H19NO2. The molecule has 0 aliphatic carbocycles. The number of ketones is 1. The molecule has 0 atom stereocenters. The Kier molecular flexibility index (Phi) is 4.71. The molecule has 3 heteroatoms. The number of nitrogens with zero attached hydrogens (tertiary/aromatic N) is 1. The summed E-state index contributed by atoms with van der Waals surface area (Å²) in [6, 6.07) is 19.7. The summed E-state index contributed by atoms with van der Waals surface area (Å²) in [5.41, 5.74) is 4.78. The lowest BCUT2D eigenvalue weighted by Gasteiger charge is -2.08. The quantitative estimate of drug-likeness (QED) is 0.632. The van der Waals surface area contributed by atoms with E-state index < -0.39 is 0 Å². The number of ether oxygens (including phenoxy) is 1. The highest BCUT2D eigenvalue weighted by Crippen LogP contribution is 2.23. The fourth-order valence-corrected chi connectivity index (χ4v) is 2.55. The molecule has 0 amide bonds. The van der Waals surface area contributed by atoms with Crippen LogP contribution in [0.25, 0.3) is 11.1 Å². The van der Waals surface area contributed by atoms with Gasteiger partial charge in [0.25, 0.3) is 0 Å². The highest BCUT2D eigenvalue weighted by Gasteiger charge is 2.07. The maximum atomic E-state index is 11.7. The summed E-state index contributed by atoms with van der Waals surface area (Å²) in [6.45, 7) is 4.02. The second-order valence-electron chi connectivity index (χ2n) is 5.75. The van der Waals surface area contributed by atoms with Crippen molar-refractivity contribution >= 4 is 5.78 Å². The molecule has 0 bridgehead atoms. The third kappa shape index (κ3) is 3.69. The molecule has 0 aliphatic rings. The van der Waals surface area contributed by atoms with E-state index in [1.165, 1.54) is 0 Å². The van der Waals surface area contributed by atoms with Crippen LogP contribution >= 0.6 is 0 Å². The van der Waals surface area contributed by atoms with E-state index in [-0.39, 0.29) is 5.78 Å². The zero-order valence-electron chi connectivity index (χ0n) is 13.8. The summed E-state index contributed by atoms with van der Waals surface area (Å²) < 4.78 is 5.70. The molecule has 0 aliphatic heterocycles. The number of pyridine rings is 1. The van der Waals surface area contributed by atoms with Crippen LogP contribution in [0.3, 0.4) is 0 Å². The summed E-state index contributed by atoms with van der Waals surface area (Å²) >= 11 is 0. The summed E-state index contributed by atoms with van der Waals surface area (Å²) in [5, 5.41) is 0. The lowest BCUT2D eigenvalue weighted by atomic mass is 9.99. The minimum atomic E-state index is 0.0742. The van der Waals surface area contributed by atoms with Crippen molar-refractivity contribution in [2.24, 2.45) is 0 Å². The lowest BCUT2D eigenvalue weighted by Crippen LogP contribution is -1.98. The number of hydrogen-bond donors (Lipinski definition) is 0. The second kappa shape index (κ2) is 7.09. The van der Waals surface area contributed by atoms with E-state index in [0.717, 1.165) is 27.8 Å². The molecule has 0 radical (unpaired) electrons. The predicted molar refractivity (Wildman–Crippen MR) is 95.2 cm³/mol. The average molecular weight is 317 g/mol. The normalized spacial score (nSPS) is 10.4. The van der Waals surface area contributed by atoms with Crippen molar-refractivity contribution in [1.82, 2.24) is 4.98 Å². The van der Waals surface area contributed by atoms with E-state index in [0.29, 0.717) is 12.5 Å². The van der Waals surface area contributed by atoms with Crippen molar-refractivity contribution in [3.05, 3.63) is 83.6 Å². The lowest BCUT2D eigenvalue weighted by molar-refractivity contribution is 0.101. The molecule has 2 aromatic carbocycles. The van der Waals surface area contributed by atoms with Gasteiger partial charge in [-0.2, -0.15) is 0 Å². The first-order valence-electron chi connectivity index (χ1n) is 7.88. The van der Waals surface area contributed by atoms with Gasteiger partial charge < -0.3 is 4.74 Å². The van der Waals surface area contributed by atoms with E-state index in [4.69, 9.17) is 4.74 Å². The fraction of sp³-hybridized carbons (Fsp3) is 0.143. The van der Waals surface area contributed by atoms with Gasteiger partial charge in [-0.15, -0.1) is 0 Å². The minimum Gasteiger partial charge on any atom is -0.473 e. The first-order chi connectivity index (χ1) is 11.6. The average Bonchev–Trinajstić information content (AvgIpc) is 2.61. The van der Waals surface area contributed by atoms with Gasteiger partial charge >= 0.3 is 0 Å². The second-order valence-corrected chi connectivity index (χ2v) is 5.75. The summed E-state index contributed by atoms with van der Waals surface area (Å²) in [6.07, 6.45) is 1.77. The fourth-order valence-electron chi connectivity index (χ4n) is 2.55. The number of carbonyl (C=O) groups is 1. The Balaban J connectivity index is 1.75. The zero-order valence-corrected chi connectivity index (χ0v) is 13.8. The number of Topliss-reactive ketones (excluding diaryl/α,β-unsaturated/α-hetero) is 1. The van der Waals surface area contributed by atoms with Crippen LogP contribution in [-0.4, -0.2) is 10.8 Å². The third-order valence-corrected chi connectivity index (χ3v) is 3.92. The van der Waals surface area contributed by atoms with E-state index in [2.05, 4.69) is 4.98 Å². The largest absolute Gasteiger partial charge is 0.473 e.